The van der Waals surface area contributed by atoms with E-state index in [1.165, 1.54) is 0 Å². The van der Waals surface area contributed by atoms with Crippen molar-refractivity contribution in [3.8, 4) is 0 Å². The molecule has 1 aromatic heterocycles. The fourth-order valence-corrected chi connectivity index (χ4v) is 2.18. The Morgan fingerprint density at radius 2 is 1.94 bits per heavy atom. The first-order valence-corrected chi connectivity index (χ1v) is 6.00. The smallest absolute Gasteiger partial charge is 0.191 e. The van der Waals surface area contributed by atoms with Crippen LogP contribution in [0.3, 0.4) is 0 Å². The molecule has 0 aliphatic carbocycles. The van der Waals surface area contributed by atoms with Crippen molar-refractivity contribution in [2.24, 2.45) is 0 Å². The summed E-state index contributed by atoms with van der Waals surface area (Å²) in [6.45, 7) is 12.7. The summed E-state index contributed by atoms with van der Waals surface area (Å²) in [5.74, 6) is 1.69. The van der Waals surface area contributed by atoms with Crippen LogP contribution >= 0.6 is 0 Å². The van der Waals surface area contributed by atoms with E-state index in [9.17, 15) is 0 Å². The molecule has 1 atom stereocenters. The Balaban J connectivity index is 3.19. The molecule has 1 rings (SSSR count). The van der Waals surface area contributed by atoms with Gasteiger partial charge < -0.3 is 4.42 Å². The van der Waals surface area contributed by atoms with E-state index in [-0.39, 0.29) is 5.54 Å². The average molecular weight is 224 g/mol. The molecule has 1 unspecified atom stereocenters. The molecule has 3 heteroatoms. The van der Waals surface area contributed by atoms with Gasteiger partial charge in [0.1, 0.15) is 11.5 Å². The van der Waals surface area contributed by atoms with E-state index in [2.05, 4.69) is 44.6 Å². The summed E-state index contributed by atoms with van der Waals surface area (Å²) in [7, 11) is 2.15. The van der Waals surface area contributed by atoms with E-state index in [0.29, 0.717) is 6.04 Å². The van der Waals surface area contributed by atoms with Gasteiger partial charge >= 0.3 is 0 Å². The highest BCUT2D eigenvalue weighted by atomic mass is 16.4. The molecule has 0 fully saturated rings. The standard InChI is InChI=1S/C13H24N2O/c1-8-13(6,15(7)9(2)3)12-10(4)16-11(5)14-12/h9H,8H2,1-7H3. The first-order chi connectivity index (χ1) is 7.32. The quantitative estimate of drug-likeness (QED) is 0.786. The summed E-state index contributed by atoms with van der Waals surface area (Å²) in [6.07, 6.45) is 1.02. The first kappa shape index (κ1) is 13.2. The van der Waals surface area contributed by atoms with Gasteiger partial charge in [-0.15, -0.1) is 0 Å². The van der Waals surface area contributed by atoms with Crippen molar-refractivity contribution in [3.63, 3.8) is 0 Å². The van der Waals surface area contributed by atoms with Crippen molar-refractivity contribution in [1.82, 2.24) is 9.88 Å². The first-order valence-electron chi connectivity index (χ1n) is 6.00. The Hall–Kier alpha value is -0.830. The number of aromatic nitrogens is 1. The number of hydrogen-bond acceptors (Lipinski definition) is 3. The highest BCUT2D eigenvalue weighted by Gasteiger charge is 2.35. The number of hydrogen-bond donors (Lipinski definition) is 0. The molecule has 0 bridgehead atoms. The zero-order chi connectivity index (χ0) is 12.5. The van der Waals surface area contributed by atoms with Gasteiger partial charge in [-0.2, -0.15) is 0 Å². The van der Waals surface area contributed by atoms with Crippen LogP contribution in [-0.2, 0) is 5.54 Å². The molecule has 1 aromatic rings. The highest BCUT2D eigenvalue weighted by Crippen LogP contribution is 2.33. The summed E-state index contributed by atoms with van der Waals surface area (Å²) < 4.78 is 5.55. The molecule has 0 aliphatic heterocycles. The third kappa shape index (κ3) is 2.14. The molecule has 1 heterocycles. The summed E-state index contributed by atoms with van der Waals surface area (Å²) in [6, 6.07) is 0.487. The van der Waals surface area contributed by atoms with Crippen LogP contribution in [0.5, 0.6) is 0 Å². The van der Waals surface area contributed by atoms with Crippen LogP contribution in [0.15, 0.2) is 4.42 Å². The third-order valence-corrected chi connectivity index (χ3v) is 3.66. The third-order valence-electron chi connectivity index (χ3n) is 3.66. The van der Waals surface area contributed by atoms with Crippen molar-refractivity contribution in [2.45, 2.75) is 59.5 Å². The van der Waals surface area contributed by atoms with Gasteiger partial charge in [-0.25, -0.2) is 4.98 Å². The maximum Gasteiger partial charge on any atom is 0.191 e. The molecule has 0 spiro atoms. The molecule has 0 N–H and O–H groups in total. The second kappa shape index (κ2) is 4.58. The number of rotatable bonds is 4. The summed E-state index contributed by atoms with van der Waals surface area (Å²) in [4.78, 5) is 6.91. The zero-order valence-electron chi connectivity index (χ0n) is 11.6. The van der Waals surface area contributed by atoms with Gasteiger partial charge in [-0.05, 0) is 41.2 Å². The van der Waals surface area contributed by atoms with Crippen molar-refractivity contribution < 1.29 is 4.42 Å². The number of nitrogens with zero attached hydrogens (tertiary/aromatic N) is 2. The SMILES string of the molecule is CCC(C)(c1nc(C)oc1C)N(C)C(C)C. The molecule has 0 saturated carbocycles. The molecule has 0 amide bonds. The van der Waals surface area contributed by atoms with E-state index in [4.69, 9.17) is 4.42 Å². The van der Waals surface area contributed by atoms with Gasteiger partial charge in [0, 0.05) is 13.0 Å². The topological polar surface area (TPSA) is 29.3 Å². The zero-order valence-corrected chi connectivity index (χ0v) is 11.6. The second-order valence-electron chi connectivity index (χ2n) is 4.97. The minimum Gasteiger partial charge on any atom is -0.446 e. The Kier molecular flexibility index (Phi) is 3.79. The van der Waals surface area contributed by atoms with Gasteiger partial charge in [-0.3, -0.25) is 4.90 Å². The molecule has 3 nitrogen and oxygen atoms in total. The van der Waals surface area contributed by atoms with Gasteiger partial charge in [0.05, 0.1) is 5.54 Å². The van der Waals surface area contributed by atoms with Crippen molar-refractivity contribution in [1.29, 1.82) is 0 Å². The van der Waals surface area contributed by atoms with Crippen LogP contribution in [0, 0.1) is 13.8 Å². The lowest BCUT2D eigenvalue weighted by atomic mass is 9.90. The Morgan fingerprint density at radius 3 is 2.25 bits per heavy atom. The van der Waals surface area contributed by atoms with Gasteiger partial charge in [-0.1, -0.05) is 6.92 Å². The maximum absolute atomic E-state index is 5.55. The molecular weight excluding hydrogens is 200 g/mol. The Bertz CT molecular complexity index is 357. The van der Waals surface area contributed by atoms with Gasteiger partial charge in [0.15, 0.2) is 5.89 Å². The van der Waals surface area contributed by atoms with Gasteiger partial charge in [0.25, 0.3) is 0 Å². The minimum absolute atomic E-state index is 0.0456. The van der Waals surface area contributed by atoms with Crippen LogP contribution < -0.4 is 0 Å². The van der Waals surface area contributed by atoms with Crippen molar-refractivity contribution in [2.75, 3.05) is 7.05 Å². The summed E-state index contributed by atoms with van der Waals surface area (Å²) >= 11 is 0. The molecule has 0 aliphatic rings. The van der Waals surface area contributed by atoms with Crippen LogP contribution in [-0.4, -0.2) is 23.0 Å². The number of oxazole rings is 1. The van der Waals surface area contributed by atoms with Crippen LogP contribution in [0.25, 0.3) is 0 Å². The van der Waals surface area contributed by atoms with Crippen molar-refractivity contribution >= 4 is 0 Å². The minimum atomic E-state index is -0.0456. The van der Waals surface area contributed by atoms with E-state index >= 15 is 0 Å². The normalized spacial score (nSPS) is 15.8. The van der Waals surface area contributed by atoms with Crippen molar-refractivity contribution in [3.05, 3.63) is 17.3 Å². The lowest BCUT2D eigenvalue weighted by Crippen LogP contribution is -2.45. The highest BCUT2D eigenvalue weighted by molar-refractivity contribution is 5.19. The predicted molar refractivity (Wildman–Crippen MR) is 66.5 cm³/mol. The summed E-state index contributed by atoms with van der Waals surface area (Å²) in [5.41, 5.74) is 1.03. The summed E-state index contributed by atoms with van der Waals surface area (Å²) in [5, 5.41) is 0. The van der Waals surface area contributed by atoms with E-state index < -0.39 is 0 Å². The molecule has 0 saturated heterocycles. The Morgan fingerprint density at radius 1 is 1.38 bits per heavy atom. The molecule has 0 aromatic carbocycles. The van der Waals surface area contributed by atoms with E-state index in [1.54, 1.807) is 0 Å². The lowest BCUT2D eigenvalue weighted by Gasteiger charge is -2.39. The lowest BCUT2D eigenvalue weighted by molar-refractivity contribution is 0.0910. The number of aryl methyl sites for hydroxylation is 2. The molecule has 0 radical (unpaired) electrons. The maximum atomic E-state index is 5.55. The largest absolute Gasteiger partial charge is 0.446 e. The molecule has 92 valence electrons. The predicted octanol–water partition coefficient (Wildman–Crippen LogP) is 3.26. The second-order valence-corrected chi connectivity index (χ2v) is 4.97. The Labute approximate surface area is 98.9 Å². The molecule has 16 heavy (non-hydrogen) atoms. The van der Waals surface area contributed by atoms with Crippen LogP contribution in [0.2, 0.25) is 0 Å². The molecular formula is C13H24N2O. The fraction of sp³-hybridized carbons (Fsp3) is 0.769. The van der Waals surface area contributed by atoms with E-state index in [1.807, 2.05) is 13.8 Å². The van der Waals surface area contributed by atoms with Crippen LogP contribution in [0.4, 0.5) is 0 Å². The van der Waals surface area contributed by atoms with E-state index in [0.717, 1.165) is 23.8 Å². The average Bonchev–Trinajstić information content (AvgIpc) is 2.56. The van der Waals surface area contributed by atoms with Crippen LogP contribution in [0.1, 0.15) is 51.5 Å². The monoisotopic (exact) mass is 224 g/mol. The fourth-order valence-electron chi connectivity index (χ4n) is 2.18. The van der Waals surface area contributed by atoms with Gasteiger partial charge in [0.2, 0.25) is 0 Å².